The largest absolute Gasteiger partial charge is 0.493 e. The zero-order valence-electron chi connectivity index (χ0n) is 12.6. The van der Waals surface area contributed by atoms with Crippen molar-refractivity contribution in [3.05, 3.63) is 29.3 Å². The molecule has 4 nitrogen and oxygen atoms in total. The second-order valence-electron chi connectivity index (χ2n) is 5.09. The first-order valence-electron chi connectivity index (χ1n) is 7.17. The zero-order chi connectivity index (χ0) is 15.0. The first kappa shape index (κ1) is 16.5. The molecule has 1 aromatic rings. The Bertz CT molecular complexity index is 432. The van der Waals surface area contributed by atoms with Crippen molar-refractivity contribution < 1.29 is 14.6 Å². The van der Waals surface area contributed by atoms with Crippen LogP contribution in [0.2, 0.25) is 0 Å². The average Bonchev–Trinajstić information content (AvgIpc) is 2.41. The lowest BCUT2D eigenvalue weighted by atomic mass is 10.1. The molecule has 0 bridgehead atoms. The summed E-state index contributed by atoms with van der Waals surface area (Å²) in [7, 11) is 0. The zero-order valence-corrected chi connectivity index (χ0v) is 12.6. The second kappa shape index (κ2) is 8.59. The van der Waals surface area contributed by atoms with Crippen LogP contribution in [-0.2, 0) is 4.79 Å². The van der Waals surface area contributed by atoms with Crippen LogP contribution in [0, 0.1) is 13.8 Å². The van der Waals surface area contributed by atoms with Crippen LogP contribution >= 0.6 is 0 Å². The molecule has 1 aromatic carbocycles. The van der Waals surface area contributed by atoms with Gasteiger partial charge in [0.2, 0.25) is 5.91 Å². The Morgan fingerprint density at radius 3 is 2.75 bits per heavy atom. The van der Waals surface area contributed by atoms with Crippen molar-refractivity contribution in [2.45, 2.75) is 46.1 Å². The van der Waals surface area contributed by atoms with Crippen LogP contribution in [0.3, 0.4) is 0 Å². The molecule has 0 radical (unpaired) electrons. The number of aliphatic hydroxyl groups is 1. The van der Waals surface area contributed by atoms with Crippen LogP contribution in [0.25, 0.3) is 0 Å². The molecule has 1 amide bonds. The van der Waals surface area contributed by atoms with E-state index in [0.717, 1.165) is 12.2 Å². The van der Waals surface area contributed by atoms with E-state index in [1.54, 1.807) is 0 Å². The molecule has 1 atom stereocenters. The molecule has 1 unspecified atom stereocenters. The molecule has 0 spiro atoms. The third-order valence-corrected chi connectivity index (χ3v) is 3.23. The third kappa shape index (κ3) is 6.06. The van der Waals surface area contributed by atoms with Crippen LogP contribution in [0.1, 0.15) is 37.3 Å². The van der Waals surface area contributed by atoms with Gasteiger partial charge >= 0.3 is 0 Å². The van der Waals surface area contributed by atoms with Gasteiger partial charge in [-0.25, -0.2) is 0 Å². The van der Waals surface area contributed by atoms with Crippen molar-refractivity contribution in [1.82, 2.24) is 5.32 Å². The van der Waals surface area contributed by atoms with Gasteiger partial charge in [-0.3, -0.25) is 4.79 Å². The third-order valence-electron chi connectivity index (χ3n) is 3.23. The fourth-order valence-electron chi connectivity index (χ4n) is 1.82. The number of rotatable bonds is 8. The molecular weight excluding hydrogens is 254 g/mol. The minimum Gasteiger partial charge on any atom is -0.493 e. The molecule has 2 N–H and O–H groups in total. The lowest BCUT2D eigenvalue weighted by Gasteiger charge is -2.11. The maximum absolute atomic E-state index is 11.6. The summed E-state index contributed by atoms with van der Waals surface area (Å²) in [5, 5.41) is 12.2. The van der Waals surface area contributed by atoms with E-state index in [2.05, 4.69) is 5.32 Å². The average molecular weight is 279 g/mol. The van der Waals surface area contributed by atoms with E-state index in [0.29, 0.717) is 26.0 Å². The molecule has 0 fully saturated rings. The van der Waals surface area contributed by atoms with Gasteiger partial charge in [-0.15, -0.1) is 0 Å². The first-order chi connectivity index (χ1) is 9.52. The molecule has 20 heavy (non-hydrogen) atoms. The van der Waals surface area contributed by atoms with E-state index in [4.69, 9.17) is 4.74 Å². The van der Waals surface area contributed by atoms with E-state index in [1.165, 1.54) is 11.1 Å². The van der Waals surface area contributed by atoms with E-state index in [9.17, 15) is 9.90 Å². The Hall–Kier alpha value is -1.55. The normalized spacial score (nSPS) is 12.0. The summed E-state index contributed by atoms with van der Waals surface area (Å²) >= 11 is 0. The molecule has 0 aliphatic heterocycles. The number of carbonyl (C=O) groups excluding carboxylic acids is 1. The summed E-state index contributed by atoms with van der Waals surface area (Å²) in [5.74, 6) is 0.691. The molecule has 0 aromatic heterocycles. The monoisotopic (exact) mass is 279 g/mol. The molecule has 0 heterocycles. The number of amides is 1. The van der Waals surface area contributed by atoms with Gasteiger partial charge in [0.15, 0.2) is 0 Å². The minimum absolute atomic E-state index is 0.0935. The number of hydrogen-bond acceptors (Lipinski definition) is 3. The highest BCUT2D eigenvalue weighted by Crippen LogP contribution is 2.16. The molecule has 0 aliphatic rings. The van der Waals surface area contributed by atoms with Crippen molar-refractivity contribution in [2.24, 2.45) is 0 Å². The summed E-state index contributed by atoms with van der Waals surface area (Å²) < 4.78 is 5.54. The second-order valence-corrected chi connectivity index (χ2v) is 5.09. The van der Waals surface area contributed by atoms with Crippen molar-refractivity contribution in [3.8, 4) is 5.75 Å². The maximum Gasteiger partial charge on any atom is 0.223 e. The predicted octanol–water partition coefficient (Wildman–Crippen LogP) is 2.35. The van der Waals surface area contributed by atoms with Crippen molar-refractivity contribution in [3.63, 3.8) is 0 Å². The van der Waals surface area contributed by atoms with Crippen LogP contribution in [0.15, 0.2) is 18.2 Å². The van der Waals surface area contributed by atoms with Gasteiger partial charge in [-0.05, 0) is 43.5 Å². The van der Waals surface area contributed by atoms with Gasteiger partial charge in [-0.1, -0.05) is 19.4 Å². The highest BCUT2D eigenvalue weighted by molar-refractivity contribution is 5.76. The topological polar surface area (TPSA) is 58.6 Å². The smallest absolute Gasteiger partial charge is 0.223 e. The van der Waals surface area contributed by atoms with Crippen LogP contribution in [0.5, 0.6) is 5.75 Å². The van der Waals surface area contributed by atoms with Gasteiger partial charge in [0, 0.05) is 6.54 Å². The Morgan fingerprint density at radius 2 is 2.10 bits per heavy atom. The molecule has 112 valence electrons. The summed E-state index contributed by atoms with van der Waals surface area (Å²) in [4.78, 5) is 11.6. The minimum atomic E-state index is -0.454. The molecule has 0 saturated heterocycles. The number of carbonyl (C=O) groups is 1. The lowest BCUT2D eigenvalue weighted by Crippen LogP contribution is -2.32. The van der Waals surface area contributed by atoms with Crippen molar-refractivity contribution >= 4 is 5.91 Å². The van der Waals surface area contributed by atoms with Crippen LogP contribution in [-0.4, -0.2) is 30.3 Å². The number of ether oxygens (including phenoxy) is 1. The Labute approximate surface area is 121 Å². The first-order valence-corrected chi connectivity index (χ1v) is 7.17. The fourth-order valence-corrected chi connectivity index (χ4v) is 1.82. The van der Waals surface area contributed by atoms with Gasteiger partial charge < -0.3 is 15.2 Å². The van der Waals surface area contributed by atoms with E-state index in [-0.39, 0.29) is 5.91 Å². The highest BCUT2D eigenvalue weighted by atomic mass is 16.5. The molecular formula is C16H25NO3. The molecule has 0 aliphatic carbocycles. The van der Waals surface area contributed by atoms with Gasteiger partial charge in [0.05, 0.1) is 19.1 Å². The van der Waals surface area contributed by atoms with E-state index < -0.39 is 6.10 Å². The van der Waals surface area contributed by atoms with Crippen LogP contribution in [0.4, 0.5) is 0 Å². The van der Waals surface area contributed by atoms with Gasteiger partial charge in [0.25, 0.3) is 0 Å². The molecule has 1 rings (SSSR count). The molecule has 0 saturated carbocycles. The summed E-state index contributed by atoms with van der Waals surface area (Å²) in [5.41, 5.74) is 2.40. The summed E-state index contributed by atoms with van der Waals surface area (Å²) in [6.07, 6.45) is 1.46. The maximum atomic E-state index is 11.6. The Balaban J connectivity index is 2.23. The Kier molecular flexibility index (Phi) is 7.09. The SMILES string of the molecule is CCCC(O)CNC(=O)CCOc1ccc(C)c(C)c1. The molecule has 4 heteroatoms. The van der Waals surface area contributed by atoms with Crippen molar-refractivity contribution in [2.75, 3.05) is 13.2 Å². The Morgan fingerprint density at radius 1 is 1.35 bits per heavy atom. The lowest BCUT2D eigenvalue weighted by molar-refractivity contribution is -0.122. The quantitative estimate of drug-likeness (QED) is 0.768. The standard InChI is InChI=1S/C16H25NO3/c1-4-5-14(18)11-17-16(19)8-9-20-15-7-6-12(2)13(3)10-15/h6-7,10,14,18H,4-5,8-9,11H2,1-3H3,(H,17,19). The van der Waals surface area contributed by atoms with Crippen LogP contribution < -0.4 is 10.1 Å². The fraction of sp³-hybridized carbons (Fsp3) is 0.562. The highest BCUT2D eigenvalue weighted by Gasteiger charge is 2.06. The number of nitrogens with one attached hydrogen (secondary N) is 1. The summed E-state index contributed by atoms with van der Waals surface area (Å²) in [6, 6.07) is 5.88. The van der Waals surface area contributed by atoms with E-state index >= 15 is 0 Å². The number of hydrogen-bond donors (Lipinski definition) is 2. The predicted molar refractivity (Wildman–Crippen MR) is 80.0 cm³/mol. The van der Waals surface area contributed by atoms with E-state index in [1.807, 2.05) is 39.0 Å². The van der Waals surface area contributed by atoms with Gasteiger partial charge in [0.1, 0.15) is 5.75 Å². The number of benzene rings is 1. The van der Waals surface area contributed by atoms with Gasteiger partial charge in [-0.2, -0.15) is 0 Å². The number of aliphatic hydroxyl groups excluding tert-OH is 1. The number of aryl methyl sites for hydroxylation is 2. The van der Waals surface area contributed by atoms with Crippen molar-refractivity contribution in [1.29, 1.82) is 0 Å². The summed E-state index contributed by atoms with van der Waals surface area (Å²) in [6.45, 7) is 6.75.